The van der Waals surface area contributed by atoms with Gasteiger partial charge >= 0.3 is 0 Å². The van der Waals surface area contributed by atoms with Gasteiger partial charge in [-0.25, -0.2) is 0 Å². The molecule has 1 amide bonds. The predicted octanol–water partition coefficient (Wildman–Crippen LogP) is 4.47. The molecule has 2 aromatic carbocycles. The Balaban J connectivity index is 2.10. The molecular weight excluding hydrogens is 376 g/mol. The van der Waals surface area contributed by atoms with Gasteiger partial charge < -0.3 is 9.30 Å². The maximum atomic E-state index is 12.7. The van der Waals surface area contributed by atoms with E-state index < -0.39 is 0 Å². The minimum Gasteiger partial charge on any atom is -0.383 e. The van der Waals surface area contributed by atoms with Gasteiger partial charge in [-0.3, -0.25) is 4.79 Å². The van der Waals surface area contributed by atoms with Gasteiger partial charge in [0.2, 0.25) is 0 Å². The molecule has 7 heteroatoms. The number of fused-ring (bicyclic) bond motifs is 1. The first-order chi connectivity index (χ1) is 12.1. The Morgan fingerprint density at radius 1 is 1.32 bits per heavy atom. The Labute approximate surface area is 159 Å². The minimum absolute atomic E-state index is 0.335. The van der Waals surface area contributed by atoms with Crippen molar-refractivity contribution in [1.29, 1.82) is 0 Å². The van der Waals surface area contributed by atoms with Crippen LogP contribution in [0.4, 0.5) is 0 Å². The van der Waals surface area contributed by atoms with Crippen molar-refractivity contribution in [2.45, 2.75) is 11.4 Å². The van der Waals surface area contributed by atoms with Crippen molar-refractivity contribution in [2.24, 2.45) is 4.99 Å². The first kappa shape index (κ1) is 18.2. The lowest BCUT2D eigenvalue weighted by Crippen LogP contribution is -2.19. The summed E-state index contributed by atoms with van der Waals surface area (Å²) in [4.78, 5) is 18.7. The van der Waals surface area contributed by atoms with E-state index in [0.717, 1.165) is 15.1 Å². The minimum atomic E-state index is -0.335. The smallest absolute Gasteiger partial charge is 0.281 e. The van der Waals surface area contributed by atoms with E-state index in [4.69, 9.17) is 16.3 Å². The number of rotatable bonds is 5. The predicted molar refractivity (Wildman–Crippen MR) is 105 cm³/mol. The van der Waals surface area contributed by atoms with Gasteiger partial charge in [-0.2, -0.15) is 4.99 Å². The van der Waals surface area contributed by atoms with E-state index in [1.807, 2.05) is 41.2 Å². The maximum Gasteiger partial charge on any atom is 0.281 e. The molecule has 0 radical (unpaired) electrons. The number of para-hydroxylation sites is 1. The van der Waals surface area contributed by atoms with Crippen LogP contribution in [-0.4, -0.2) is 30.4 Å². The highest BCUT2D eigenvalue weighted by Gasteiger charge is 2.12. The molecule has 130 valence electrons. The van der Waals surface area contributed by atoms with E-state index >= 15 is 0 Å². The second-order valence-electron chi connectivity index (χ2n) is 5.26. The number of amides is 1. The van der Waals surface area contributed by atoms with Crippen molar-refractivity contribution in [3.8, 4) is 0 Å². The summed E-state index contributed by atoms with van der Waals surface area (Å²) in [7, 11) is 1.66. The second-order valence-corrected chi connectivity index (χ2v) is 7.56. The zero-order valence-electron chi connectivity index (χ0n) is 13.9. The van der Waals surface area contributed by atoms with Crippen LogP contribution in [0, 0.1) is 0 Å². The molecule has 1 aromatic heterocycles. The van der Waals surface area contributed by atoms with Crippen molar-refractivity contribution in [1.82, 2.24) is 4.57 Å². The summed E-state index contributed by atoms with van der Waals surface area (Å²) < 4.78 is 8.28. The van der Waals surface area contributed by atoms with Crippen molar-refractivity contribution >= 4 is 50.8 Å². The Bertz CT molecular complexity index is 979. The van der Waals surface area contributed by atoms with E-state index in [0.29, 0.717) is 28.5 Å². The highest BCUT2D eigenvalue weighted by molar-refractivity contribution is 7.98. The van der Waals surface area contributed by atoms with Crippen LogP contribution < -0.4 is 4.80 Å². The summed E-state index contributed by atoms with van der Waals surface area (Å²) in [5.74, 6) is -0.335. The number of aromatic nitrogens is 1. The second kappa shape index (κ2) is 8.19. The molecule has 0 aliphatic carbocycles. The first-order valence-corrected chi connectivity index (χ1v) is 10.1. The van der Waals surface area contributed by atoms with Crippen LogP contribution in [-0.2, 0) is 11.3 Å². The molecule has 0 aliphatic rings. The molecule has 4 nitrogen and oxygen atoms in total. The Kier molecular flexibility index (Phi) is 5.96. The molecule has 0 unspecified atom stereocenters. The summed E-state index contributed by atoms with van der Waals surface area (Å²) in [5, 5.41) is 0.413. The standard InChI is InChI=1S/C18H17ClN2O2S2/c1-23-10-9-21-15-5-3-4-6-16(15)25-18(21)20-17(22)13-11-12(24-2)7-8-14(13)19/h3-8,11H,9-10H2,1-2H3/b20-18-. The number of thiazole rings is 1. The first-order valence-electron chi connectivity index (χ1n) is 7.64. The zero-order chi connectivity index (χ0) is 17.8. The van der Waals surface area contributed by atoms with Crippen LogP contribution in [0.2, 0.25) is 5.02 Å². The fourth-order valence-corrected chi connectivity index (χ4v) is 4.14. The number of halogens is 1. The van der Waals surface area contributed by atoms with Crippen molar-refractivity contribution < 1.29 is 9.53 Å². The molecular formula is C18H17ClN2O2S2. The number of benzene rings is 2. The van der Waals surface area contributed by atoms with Gasteiger partial charge in [0.1, 0.15) is 0 Å². The third-order valence-electron chi connectivity index (χ3n) is 3.71. The summed E-state index contributed by atoms with van der Waals surface area (Å²) in [6.45, 7) is 1.18. The van der Waals surface area contributed by atoms with E-state index in [2.05, 4.69) is 4.99 Å². The molecule has 3 rings (SSSR count). The number of carbonyl (C=O) groups excluding carboxylic acids is 1. The number of carbonyl (C=O) groups is 1. The number of nitrogens with zero attached hydrogens (tertiary/aromatic N) is 2. The number of thioether (sulfide) groups is 1. The molecule has 0 spiro atoms. The zero-order valence-corrected chi connectivity index (χ0v) is 16.2. The van der Waals surface area contributed by atoms with E-state index in [1.165, 1.54) is 11.3 Å². The third kappa shape index (κ3) is 3.98. The topological polar surface area (TPSA) is 43.6 Å². The van der Waals surface area contributed by atoms with Crippen LogP contribution in [0.3, 0.4) is 0 Å². The van der Waals surface area contributed by atoms with Crippen LogP contribution in [0.1, 0.15) is 10.4 Å². The maximum absolute atomic E-state index is 12.7. The van der Waals surface area contributed by atoms with Gasteiger partial charge in [-0.05, 0) is 36.6 Å². The summed E-state index contributed by atoms with van der Waals surface area (Å²) >= 11 is 9.25. The lowest BCUT2D eigenvalue weighted by atomic mass is 10.2. The molecule has 0 fully saturated rings. The third-order valence-corrected chi connectivity index (χ3v) is 5.82. The summed E-state index contributed by atoms with van der Waals surface area (Å²) in [5.41, 5.74) is 1.46. The fraction of sp³-hybridized carbons (Fsp3) is 0.222. The van der Waals surface area contributed by atoms with E-state index in [1.54, 1.807) is 31.0 Å². The molecule has 0 aliphatic heterocycles. The van der Waals surface area contributed by atoms with Gasteiger partial charge in [0.25, 0.3) is 5.91 Å². The van der Waals surface area contributed by atoms with Crippen molar-refractivity contribution in [3.05, 3.63) is 57.9 Å². The Morgan fingerprint density at radius 2 is 2.12 bits per heavy atom. The Hall–Kier alpha value is -1.60. The summed E-state index contributed by atoms with van der Waals surface area (Å²) in [6.07, 6.45) is 1.96. The molecule has 0 atom stereocenters. The molecule has 0 saturated heterocycles. The number of ether oxygens (including phenoxy) is 1. The lowest BCUT2D eigenvalue weighted by molar-refractivity contribution is 0.0997. The van der Waals surface area contributed by atoms with Crippen LogP contribution in [0.5, 0.6) is 0 Å². The largest absolute Gasteiger partial charge is 0.383 e. The van der Waals surface area contributed by atoms with Crippen molar-refractivity contribution in [2.75, 3.05) is 20.0 Å². The lowest BCUT2D eigenvalue weighted by Gasteiger charge is -2.05. The van der Waals surface area contributed by atoms with Gasteiger partial charge in [0, 0.05) is 18.6 Å². The monoisotopic (exact) mass is 392 g/mol. The average Bonchev–Trinajstić information content (AvgIpc) is 2.97. The van der Waals surface area contributed by atoms with Crippen molar-refractivity contribution in [3.63, 3.8) is 0 Å². The van der Waals surface area contributed by atoms with Crippen LogP contribution in [0.25, 0.3) is 10.2 Å². The number of hydrogen-bond acceptors (Lipinski definition) is 4. The van der Waals surface area contributed by atoms with Gasteiger partial charge in [-0.1, -0.05) is 35.1 Å². The molecule has 0 N–H and O–H groups in total. The van der Waals surface area contributed by atoms with E-state index in [9.17, 15) is 4.79 Å². The SMILES string of the molecule is COCCn1/c(=N/C(=O)c2cc(SC)ccc2Cl)sc2ccccc21. The molecule has 1 heterocycles. The summed E-state index contributed by atoms with van der Waals surface area (Å²) in [6, 6.07) is 13.4. The van der Waals surface area contributed by atoms with E-state index in [-0.39, 0.29) is 5.91 Å². The average molecular weight is 393 g/mol. The van der Waals surface area contributed by atoms with Crippen LogP contribution in [0.15, 0.2) is 52.4 Å². The quantitative estimate of drug-likeness (QED) is 0.602. The molecule has 0 bridgehead atoms. The molecule has 3 aromatic rings. The van der Waals surface area contributed by atoms with Gasteiger partial charge in [0.15, 0.2) is 4.80 Å². The van der Waals surface area contributed by atoms with Gasteiger partial charge in [0.05, 0.1) is 27.4 Å². The Morgan fingerprint density at radius 3 is 2.88 bits per heavy atom. The van der Waals surface area contributed by atoms with Gasteiger partial charge in [-0.15, -0.1) is 11.8 Å². The number of hydrogen-bond donors (Lipinski definition) is 0. The normalized spacial score (nSPS) is 12.0. The highest BCUT2D eigenvalue weighted by atomic mass is 35.5. The highest BCUT2D eigenvalue weighted by Crippen LogP contribution is 2.24. The molecule has 25 heavy (non-hydrogen) atoms. The fourth-order valence-electron chi connectivity index (χ4n) is 2.45. The number of methoxy groups -OCH3 is 1. The van der Waals surface area contributed by atoms with Crippen LogP contribution >= 0.6 is 34.7 Å². The molecule has 0 saturated carbocycles.